The van der Waals surface area contributed by atoms with E-state index in [1.807, 2.05) is 0 Å². The Morgan fingerprint density at radius 3 is 2.44 bits per heavy atom. The lowest BCUT2D eigenvalue weighted by Gasteiger charge is -2.16. The van der Waals surface area contributed by atoms with Crippen LogP contribution in [0.1, 0.15) is 20.3 Å². The fourth-order valence-corrected chi connectivity index (χ4v) is 1.06. The van der Waals surface area contributed by atoms with Gasteiger partial charge in [0.15, 0.2) is 0 Å². The van der Waals surface area contributed by atoms with Gasteiger partial charge in [-0.2, -0.15) is 0 Å². The number of nitrogens with one attached hydrogen (secondary N) is 1. The highest BCUT2D eigenvalue weighted by Gasteiger charge is 2.16. The lowest BCUT2D eigenvalue weighted by molar-refractivity contribution is -0.138. The first kappa shape index (κ1) is 14.9. The van der Waals surface area contributed by atoms with Crippen molar-refractivity contribution in [2.75, 3.05) is 20.3 Å². The second kappa shape index (κ2) is 8.06. The van der Waals surface area contributed by atoms with Gasteiger partial charge in [0, 0.05) is 13.2 Å². The molecule has 1 amide bonds. The number of amides is 1. The summed E-state index contributed by atoms with van der Waals surface area (Å²) in [4.78, 5) is 21.8. The average Bonchev–Trinajstić information content (AvgIpc) is 2.16. The summed E-state index contributed by atoms with van der Waals surface area (Å²) in [7, 11) is 1.54. The molecule has 0 rings (SSSR count). The smallest absolute Gasteiger partial charge is 0.305 e. The van der Waals surface area contributed by atoms with E-state index in [9.17, 15) is 9.59 Å². The van der Waals surface area contributed by atoms with E-state index < -0.39 is 18.1 Å². The van der Waals surface area contributed by atoms with Gasteiger partial charge in [-0.1, -0.05) is 0 Å². The molecule has 2 N–H and O–H groups in total. The molecule has 0 saturated heterocycles. The monoisotopic (exact) mass is 233 g/mol. The largest absolute Gasteiger partial charge is 0.481 e. The minimum atomic E-state index is -0.944. The van der Waals surface area contributed by atoms with E-state index in [-0.39, 0.29) is 12.3 Å². The molecular formula is C10H19NO5. The van der Waals surface area contributed by atoms with Crippen molar-refractivity contribution in [3.05, 3.63) is 0 Å². The molecule has 0 aromatic heterocycles. The third-order valence-corrected chi connectivity index (χ3v) is 1.89. The van der Waals surface area contributed by atoms with Crippen LogP contribution in [0.25, 0.3) is 0 Å². The second-order valence-electron chi connectivity index (χ2n) is 3.51. The fourth-order valence-electron chi connectivity index (χ4n) is 1.06. The molecule has 0 aliphatic carbocycles. The minimum Gasteiger partial charge on any atom is -0.481 e. The van der Waals surface area contributed by atoms with Gasteiger partial charge in [-0.25, -0.2) is 0 Å². The summed E-state index contributed by atoms with van der Waals surface area (Å²) in [6.07, 6.45) is -0.706. The van der Waals surface area contributed by atoms with E-state index >= 15 is 0 Å². The Labute approximate surface area is 94.9 Å². The summed E-state index contributed by atoms with van der Waals surface area (Å²) in [5.41, 5.74) is 0. The van der Waals surface area contributed by atoms with E-state index in [1.54, 1.807) is 21.0 Å². The summed E-state index contributed by atoms with van der Waals surface area (Å²) in [6.45, 7) is 3.99. The highest BCUT2D eigenvalue weighted by molar-refractivity contribution is 5.81. The molecule has 6 nitrogen and oxygen atoms in total. The van der Waals surface area contributed by atoms with E-state index in [2.05, 4.69) is 5.32 Å². The number of hydrogen-bond donors (Lipinski definition) is 2. The van der Waals surface area contributed by atoms with Crippen molar-refractivity contribution in [2.45, 2.75) is 32.4 Å². The maximum Gasteiger partial charge on any atom is 0.305 e. The topological polar surface area (TPSA) is 84.9 Å². The van der Waals surface area contributed by atoms with Crippen LogP contribution in [0.5, 0.6) is 0 Å². The predicted molar refractivity (Wildman–Crippen MR) is 57.1 cm³/mol. The van der Waals surface area contributed by atoms with Crippen LogP contribution in [0, 0.1) is 0 Å². The lowest BCUT2D eigenvalue weighted by atomic mass is 10.2. The number of aliphatic carboxylic acids is 1. The van der Waals surface area contributed by atoms with E-state index in [0.717, 1.165) is 0 Å². The third kappa shape index (κ3) is 7.19. The molecule has 0 spiro atoms. The number of ether oxygens (including phenoxy) is 2. The first-order valence-electron chi connectivity index (χ1n) is 5.10. The van der Waals surface area contributed by atoms with Crippen molar-refractivity contribution < 1.29 is 24.2 Å². The molecule has 2 unspecified atom stereocenters. The first-order valence-corrected chi connectivity index (χ1v) is 5.10. The summed E-state index contributed by atoms with van der Waals surface area (Å²) < 4.78 is 9.94. The Morgan fingerprint density at radius 1 is 1.31 bits per heavy atom. The molecule has 94 valence electrons. The molecule has 6 heteroatoms. The maximum absolute atomic E-state index is 11.5. The molecule has 0 aromatic carbocycles. The van der Waals surface area contributed by atoms with Crippen LogP contribution in [0.3, 0.4) is 0 Å². The van der Waals surface area contributed by atoms with Gasteiger partial charge >= 0.3 is 5.97 Å². The van der Waals surface area contributed by atoms with Crippen molar-refractivity contribution >= 4 is 11.9 Å². The van der Waals surface area contributed by atoms with Gasteiger partial charge in [0.2, 0.25) is 5.91 Å². The van der Waals surface area contributed by atoms with Gasteiger partial charge in [0.1, 0.15) is 6.10 Å². The van der Waals surface area contributed by atoms with Crippen LogP contribution in [0.2, 0.25) is 0 Å². The summed E-state index contributed by atoms with van der Waals surface area (Å²) in [6, 6.07) is -0.404. The second-order valence-corrected chi connectivity index (χ2v) is 3.51. The van der Waals surface area contributed by atoms with E-state index in [4.69, 9.17) is 14.6 Å². The summed E-state index contributed by atoms with van der Waals surface area (Å²) in [5.74, 6) is -1.26. The molecular weight excluding hydrogens is 214 g/mol. The first-order chi connectivity index (χ1) is 7.47. The standard InChI is InChI=1S/C10H19NO5/c1-7(6-9(12)13)11-10(14)8(2)16-5-4-15-3/h7-8H,4-6H2,1-3H3,(H,11,14)(H,12,13). The van der Waals surface area contributed by atoms with Crippen molar-refractivity contribution in [1.29, 1.82) is 0 Å². The zero-order valence-corrected chi connectivity index (χ0v) is 9.86. The van der Waals surface area contributed by atoms with Gasteiger partial charge in [0.05, 0.1) is 19.6 Å². The number of carboxylic acids is 1. The number of hydrogen-bond acceptors (Lipinski definition) is 4. The fraction of sp³-hybridized carbons (Fsp3) is 0.800. The number of carboxylic acid groups (broad SMARTS) is 1. The van der Waals surface area contributed by atoms with Crippen molar-refractivity contribution in [3.63, 3.8) is 0 Å². The molecule has 0 radical (unpaired) electrons. The Balaban J connectivity index is 3.81. The number of rotatable bonds is 8. The molecule has 16 heavy (non-hydrogen) atoms. The molecule has 0 aromatic rings. The van der Waals surface area contributed by atoms with Crippen LogP contribution >= 0.6 is 0 Å². The molecule has 0 saturated carbocycles. The van der Waals surface area contributed by atoms with Crippen molar-refractivity contribution in [1.82, 2.24) is 5.32 Å². The van der Waals surface area contributed by atoms with Gasteiger partial charge < -0.3 is 19.9 Å². The van der Waals surface area contributed by atoms with Crippen molar-refractivity contribution in [2.24, 2.45) is 0 Å². The molecule has 2 atom stereocenters. The number of carbonyl (C=O) groups excluding carboxylic acids is 1. The van der Waals surface area contributed by atoms with E-state index in [1.165, 1.54) is 0 Å². The zero-order valence-electron chi connectivity index (χ0n) is 9.86. The van der Waals surface area contributed by atoms with Gasteiger partial charge in [0.25, 0.3) is 0 Å². The summed E-state index contributed by atoms with van der Waals surface area (Å²) in [5, 5.41) is 11.1. The SMILES string of the molecule is COCCOC(C)C(=O)NC(C)CC(=O)O. The van der Waals surface area contributed by atoms with Crippen LogP contribution < -0.4 is 5.32 Å². The average molecular weight is 233 g/mol. The van der Waals surface area contributed by atoms with Crippen LogP contribution in [-0.2, 0) is 19.1 Å². The lowest BCUT2D eigenvalue weighted by Crippen LogP contribution is -2.41. The molecule has 0 heterocycles. The van der Waals surface area contributed by atoms with Crippen LogP contribution in [-0.4, -0.2) is 49.5 Å². The molecule has 0 bridgehead atoms. The zero-order chi connectivity index (χ0) is 12.6. The van der Waals surface area contributed by atoms with Crippen LogP contribution in [0.4, 0.5) is 0 Å². The van der Waals surface area contributed by atoms with Crippen LogP contribution in [0.15, 0.2) is 0 Å². The highest BCUT2D eigenvalue weighted by atomic mass is 16.5. The Hall–Kier alpha value is -1.14. The number of methoxy groups -OCH3 is 1. The molecule has 0 fully saturated rings. The van der Waals surface area contributed by atoms with Gasteiger partial charge in [-0.3, -0.25) is 9.59 Å². The molecule has 0 aliphatic heterocycles. The quantitative estimate of drug-likeness (QED) is 0.577. The minimum absolute atomic E-state index is 0.101. The number of carbonyl (C=O) groups is 2. The predicted octanol–water partition coefficient (Wildman–Crippen LogP) is 0.0173. The highest BCUT2D eigenvalue weighted by Crippen LogP contribution is 1.95. The molecule has 0 aliphatic rings. The van der Waals surface area contributed by atoms with Gasteiger partial charge in [-0.15, -0.1) is 0 Å². The Bertz CT molecular complexity index is 231. The maximum atomic E-state index is 11.5. The Kier molecular flexibility index (Phi) is 7.49. The normalized spacial score (nSPS) is 14.2. The van der Waals surface area contributed by atoms with Gasteiger partial charge in [-0.05, 0) is 13.8 Å². The van der Waals surface area contributed by atoms with Crippen molar-refractivity contribution in [3.8, 4) is 0 Å². The third-order valence-electron chi connectivity index (χ3n) is 1.89. The summed E-state index contributed by atoms with van der Waals surface area (Å²) >= 11 is 0. The van der Waals surface area contributed by atoms with E-state index in [0.29, 0.717) is 13.2 Å². The Morgan fingerprint density at radius 2 is 1.94 bits per heavy atom.